The second-order valence-electron chi connectivity index (χ2n) is 3.60. The predicted molar refractivity (Wildman–Crippen MR) is 55.5 cm³/mol. The van der Waals surface area contributed by atoms with E-state index < -0.39 is 0 Å². The molecule has 0 fully saturated rings. The topological polar surface area (TPSA) is 68.0 Å². The molecular weight excluding hydrogens is 194 g/mol. The maximum absolute atomic E-state index is 11.7. The molecule has 1 atom stereocenters. The number of nitrogens with one attached hydrogen (secondary N) is 1. The Morgan fingerprint density at radius 1 is 1.60 bits per heavy atom. The van der Waals surface area contributed by atoms with Gasteiger partial charge in [-0.3, -0.25) is 4.79 Å². The highest BCUT2D eigenvalue weighted by Gasteiger charge is 2.20. The van der Waals surface area contributed by atoms with Crippen LogP contribution in [0.15, 0.2) is 4.52 Å². The molecule has 1 aromatic heterocycles. The van der Waals surface area contributed by atoms with Crippen LogP contribution in [-0.4, -0.2) is 23.0 Å². The number of aromatic nitrogens is 2. The first-order valence-corrected chi connectivity index (χ1v) is 5.20. The Morgan fingerprint density at radius 2 is 2.33 bits per heavy atom. The lowest BCUT2D eigenvalue weighted by Crippen LogP contribution is -2.12. The number of carbonyl (C=O) groups excluding carboxylic acids is 1. The van der Waals surface area contributed by atoms with Crippen molar-refractivity contribution >= 4 is 5.78 Å². The number of carbonyl (C=O) groups is 1. The first-order chi connectivity index (χ1) is 7.19. The molecule has 1 N–H and O–H groups in total. The quantitative estimate of drug-likeness (QED) is 0.720. The van der Waals surface area contributed by atoms with Crippen LogP contribution in [0.1, 0.15) is 43.2 Å². The largest absolute Gasteiger partial charge is 0.331 e. The summed E-state index contributed by atoms with van der Waals surface area (Å²) in [6.07, 6.45) is 1.83. The van der Waals surface area contributed by atoms with Crippen LogP contribution in [0.5, 0.6) is 0 Å². The number of rotatable bonds is 6. The normalized spacial score (nSPS) is 12.7. The van der Waals surface area contributed by atoms with Crippen molar-refractivity contribution in [2.75, 3.05) is 7.05 Å². The summed E-state index contributed by atoms with van der Waals surface area (Å²) in [5.41, 5.74) is 0. The number of ketones is 1. The van der Waals surface area contributed by atoms with Gasteiger partial charge in [0.25, 0.3) is 5.89 Å². The van der Waals surface area contributed by atoms with Crippen LogP contribution < -0.4 is 5.32 Å². The maximum atomic E-state index is 11.7. The van der Waals surface area contributed by atoms with E-state index in [0.29, 0.717) is 12.4 Å². The van der Waals surface area contributed by atoms with E-state index in [1.165, 1.54) is 0 Å². The van der Waals surface area contributed by atoms with Gasteiger partial charge in [0.2, 0.25) is 5.78 Å². The standard InChI is InChI=1S/C10H17N3O2/c1-4-5-7(2)9(14)10-12-8(6-11-3)13-15-10/h7,11H,4-6H2,1-3H3. The van der Waals surface area contributed by atoms with E-state index in [4.69, 9.17) is 4.52 Å². The van der Waals surface area contributed by atoms with Gasteiger partial charge in [0.15, 0.2) is 5.82 Å². The maximum Gasteiger partial charge on any atom is 0.294 e. The fraction of sp³-hybridized carbons (Fsp3) is 0.700. The molecule has 1 heterocycles. The molecule has 0 aliphatic carbocycles. The van der Waals surface area contributed by atoms with E-state index in [1.54, 1.807) is 7.05 Å². The second kappa shape index (κ2) is 5.60. The van der Waals surface area contributed by atoms with Crippen molar-refractivity contribution in [1.82, 2.24) is 15.5 Å². The van der Waals surface area contributed by atoms with Gasteiger partial charge in [-0.2, -0.15) is 4.98 Å². The van der Waals surface area contributed by atoms with E-state index in [0.717, 1.165) is 12.8 Å². The third-order valence-corrected chi connectivity index (χ3v) is 2.18. The summed E-state index contributed by atoms with van der Waals surface area (Å²) in [4.78, 5) is 15.7. The Bertz CT molecular complexity index is 322. The highest BCUT2D eigenvalue weighted by molar-refractivity contribution is 5.93. The van der Waals surface area contributed by atoms with Gasteiger partial charge >= 0.3 is 0 Å². The minimum absolute atomic E-state index is 0.0436. The molecule has 1 aromatic rings. The Labute approximate surface area is 89.2 Å². The third-order valence-electron chi connectivity index (χ3n) is 2.18. The van der Waals surface area contributed by atoms with Crippen LogP contribution >= 0.6 is 0 Å². The van der Waals surface area contributed by atoms with Crippen molar-refractivity contribution in [1.29, 1.82) is 0 Å². The summed E-state index contributed by atoms with van der Waals surface area (Å²) in [5, 5.41) is 6.59. The summed E-state index contributed by atoms with van der Waals surface area (Å²) in [5.74, 6) is 0.537. The van der Waals surface area contributed by atoms with Crippen molar-refractivity contribution in [2.45, 2.75) is 33.2 Å². The van der Waals surface area contributed by atoms with E-state index in [2.05, 4.69) is 15.5 Å². The molecule has 0 aliphatic rings. The molecule has 1 rings (SSSR count). The SMILES string of the molecule is CCCC(C)C(=O)c1nc(CNC)no1. The number of nitrogens with zero attached hydrogens (tertiary/aromatic N) is 2. The van der Waals surface area contributed by atoms with Crippen LogP contribution in [-0.2, 0) is 6.54 Å². The summed E-state index contributed by atoms with van der Waals surface area (Å²) < 4.78 is 4.90. The molecular formula is C10H17N3O2. The first-order valence-electron chi connectivity index (χ1n) is 5.20. The lowest BCUT2D eigenvalue weighted by molar-refractivity contribution is 0.0879. The molecule has 0 aromatic carbocycles. The minimum atomic E-state index is -0.0632. The number of hydrogen-bond donors (Lipinski definition) is 1. The average Bonchev–Trinajstić information content (AvgIpc) is 2.66. The van der Waals surface area contributed by atoms with Crippen LogP contribution in [0.3, 0.4) is 0 Å². The summed E-state index contributed by atoms with van der Waals surface area (Å²) >= 11 is 0. The van der Waals surface area contributed by atoms with Crippen LogP contribution in [0.25, 0.3) is 0 Å². The average molecular weight is 211 g/mol. The van der Waals surface area contributed by atoms with Gasteiger partial charge in [-0.05, 0) is 13.5 Å². The lowest BCUT2D eigenvalue weighted by atomic mass is 10.0. The molecule has 0 saturated carbocycles. The number of Topliss-reactive ketones (excluding diaryl/α,β-unsaturated/α-hetero) is 1. The van der Waals surface area contributed by atoms with E-state index in [9.17, 15) is 4.79 Å². The number of hydrogen-bond acceptors (Lipinski definition) is 5. The molecule has 5 heteroatoms. The van der Waals surface area contributed by atoms with Gasteiger partial charge in [-0.15, -0.1) is 0 Å². The molecule has 5 nitrogen and oxygen atoms in total. The van der Waals surface area contributed by atoms with Gasteiger partial charge in [-0.25, -0.2) is 0 Å². The van der Waals surface area contributed by atoms with Gasteiger partial charge in [0, 0.05) is 5.92 Å². The Hall–Kier alpha value is -1.23. The zero-order chi connectivity index (χ0) is 11.3. The van der Waals surface area contributed by atoms with Gasteiger partial charge in [0.1, 0.15) is 0 Å². The molecule has 84 valence electrons. The minimum Gasteiger partial charge on any atom is -0.331 e. The van der Waals surface area contributed by atoms with Crippen LogP contribution in [0, 0.1) is 5.92 Å². The molecule has 0 saturated heterocycles. The van der Waals surface area contributed by atoms with E-state index >= 15 is 0 Å². The van der Waals surface area contributed by atoms with Crippen LogP contribution in [0.4, 0.5) is 0 Å². The third kappa shape index (κ3) is 3.13. The monoisotopic (exact) mass is 211 g/mol. The Balaban J connectivity index is 2.65. The summed E-state index contributed by atoms with van der Waals surface area (Å²) in [7, 11) is 1.79. The smallest absolute Gasteiger partial charge is 0.294 e. The van der Waals surface area contributed by atoms with Crippen LogP contribution in [0.2, 0.25) is 0 Å². The lowest BCUT2D eigenvalue weighted by Gasteiger charge is -2.03. The fourth-order valence-electron chi connectivity index (χ4n) is 1.36. The van der Waals surface area contributed by atoms with Crippen molar-refractivity contribution in [3.63, 3.8) is 0 Å². The molecule has 0 bridgehead atoms. The Morgan fingerprint density at radius 3 is 2.93 bits per heavy atom. The van der Waals surface area contributed by atoms with Crippen molar-refractivity contribution in [3.8, 4) is 0 Å². The van der Waals surface area contributed by atoms with Gasteiger partial charge in [-0.1, -0.05) is 25.4 Å². The Kier molecular flexibility index (Phi) is 4.42. The summed E-state index contributed by atoms with van der Waals surface area (Å²) in [6.45, 7) is 4.44. The second-order valence-corrected chi connectivity index (χ2v) is 3.60. The van der Waals surface area contributed by atoms with Crippen molar-refractivity contribution in [2.24, 2.45) is 5.92 Å². The first kappa shape index (κ1) is 11.8. The molecule has 0 spiro atoms. The fourth-order valence-corrected chi connectivity index (χ4v) is 1.36. The van der Waals surface area contributed by atoms with Crippen molar-refractivity contribution in [3.05, 3.63) is 11.7 Å². The molecule has 0 radical (unpaired) electrons. The summed E-state index contributed by atoms with van der Waals surface area (Å²) in [6, 6.07) is 0. The van der Waals surface area contributed by atoms with Gasteiger partial charge < -0.3 is 9.84 Å². The molecule has 0 amide bonds. The zero-order valence-corrected chi connectivity index (χ0v) is 9.41. The van der Waals surface area contributed by atoms with E-state index in [-0.39, 0.29) is 17.6 Å². The molecule has 15 heavy (non-hydrogen) atoms. The molecule has 0 aliphatic heterocycles. The highest BCUT2D eigenvalue weighted by atomic mass is 16.5. The zero-order valence-electron chi connectivity index (χ0n) is 9.41. The highest BCUT2D eigenvalue weighted by Crippen LogP contribution is 2.12. The van der Waals surface area contributed by atoms with Gasteiger partial charge in [0.05, 0.1) is 6.54 Å². The van der Waals surface area contributed by atoms with E-state index in [1.807, 2.05) is 13.8 Å². The van der Waals surface area contributed by atoms with Crippen molar-refractivity contribution < 1.29 is 9.32 Å². The molecule has 1 unspecified atom stereocenters. The predicted octanol–water partition coefficient (Wildman–Crippen LogP) is 1.41.